The Morgan fingerprint density at radius 3 is 2.67 bits per heavy atom. The first-order valence-corrected chi connectivity index (χ1v) is 4.17. The standard InChI is InChI=1S/C9H16O3/c1-8(9(11)12)6-4-2-3-5-7-10/h2,4,8,10H,3,5-7H2,1H3,(H,11,12). The molecule has 2 N–H and O–H groups in total. The number of allylic oxidation sites excluding steroid dienone is 2. The lowest BCUT2D eigenvalue weighted by molar-refractivity contribution is -0.140. The van der Waals surface area contributed by atoms with Gasteiger partial charge >= 0.3 is 5.97 Å². The van der Waals surface area contributed by atoms with Crippen molar-refractivity contribution >= 4 is 5.97 Å². The maximum Gasteiger partial charge on any atom is 0.306 e. The normalized spacial score (nSPS) is 13.5. The van der Waals surface area contributed by atoms with E-state index in [9.17, 15) is 4.79 Å². The number of carboxylic acids is 1. The van der Waals surface area contributed by atoms with Crippen LogP contribution in [0.3, 0.4) is 0 Å². The van der Waals surface area contributed by atoms with Crippen LogP contribution in [-0.2, 0) is 4.79 Å². The molecule has 0 saturated heterocycles. The van der Waals surface area contributed by atoms with Gasteiger partial charge in [-0.2, -0.15) is 0 Å². The number of rotatable bonds is 6. The molecular weight excluding hydrogens is 156 g/mol. The summed E-state index contributed by atoms with van der Waals surface area (Å²) in [6.45, 7) is 1.87. The molecule has 1 atom stereocenters. The molecule has 0 saturated carbocycles. The molecule has 1 unspecified atom stereocenters. The number of aliphatic hydroxyl groups excluding tert-OH is 1. The average molecular weight is 172 g/mol. The van der Waals surface area contributed by atoms with Crippen LogP contribution in [0.2, 0.25) is 0 Å². The number of aliphatic carboxylic acids is 1. The Morgan fingerprint density at radius 2 is 2.17 bits per heavy atom. The summed E-state index contributed by atoms with van der Waals surface area (Å²) >= 11 is 0. The minimum atomic E-state index is -0.762. The van der Waals surface area contributed by atoms with E-state index in [-0.39, 0.29) is 12.5 Å². The van der Waals surface area contributed by atoms with Gasteiger partial charge in [0.2, 0.25) is 0 Å². The molecule has 0 aliphatic carbocycles. The lowest BCUT2D eigenvalue weighted by Crippen LogP contribution is -2.07. The summed E-state index contributed by atoms with van der Waals surface area (Å²) in [7, 11) is 0. The maximum atomic E-state index is 10.3. The topological polar surface area (TPSA) is 57.5 Å². The predicted octanol–water partition coefficient (Wildman–Crippen LogP) is 1.43. The Balaban J connectivity index is 3.40. The highest BCUT2D eigenvalue weighted by Crippen LogP contribution is 2.03. The summed E-state index contributed by atoms with van der Waals surface area (Å²) in [5.41, 5.74) is 0. The first-order chi connectivity index (χ1) is 5.68. The molecule has 3 heteroatoms. The van der Waals surface area contributed by atoms with Crippen LogP contribution in [0.25, 0.3) is 0 Å². The van der Waals surface area contributed by atoms with Gasteiger partial charge < -0.3 is 10.2 Å². The van der Waals surface area contributed by atoms with Crippen LogP contribution in [0.15, 0.2) is 12.2 Å². The smallest absolute Gasteiger partial charge is 0.306 e. The fourth-order valence-corrected chi connectivity index (χ4v) is 0.728. The summed E-state index contributed by atoms with van der Waals surface area (Å²) in [6, 6.07) is 0. The lowest BCUT2D eigenvalue weighted by Gasteiger charge is -1.99. The van der Waals surface area contributed by atoms with Gasteiger partial charge in [0.05, 0.1) is 5.92 Å². The van der Waals surface area contributed by atoms with Crippen LogP contribution in [0.1, 0.15) is 26.2 Å². The molecule has 0 aromatic heterocycles. The van der Waals surface area contributed by atoms with Gasteiger partial charge in [0, 0.05) is 6.61 Å². The zero-order valence-electron chi connectivity index (χ0n) is 7.36. The van der Waals surface area contributed by atoms with Gasteiger partial charge in [-0.1, -0.05) is 19.1 Å². The number of hydrogen-bond donors (Lipinski definition) is 2. The molecule has 0 amide bonds. The highest BCUT2D eigenvalue weighted by Gasteiger charge is 2.06. The van der Waals surface area contributed by atoms with Crippen LogP contribution < -0.4 is 0 Å². The van der Waals surface area contributed by atoms with E-state index < -0.39 is 5.97 Å². The minimum absolute atomic E-state index is 0.193. The van der Waals surface area contributed by atoms with Crippen molar-refractivity contribution in [2.24, 2.45) is 5.92 Å². The van der Waals surface area contributed by atoms with Gasteiger partial charge in [-0.3, -0.25) is 4.79 Å². The Kier molecular flexibility index (Phi) is 6.38. The van der Waals surface area contributed by atoms with E-state index in [1.807, 2.05) is 12.2 Å². The van der Waals surface area contributed by atoms with E-state index in [1.54, 1.807) is 6.92 Å². The van der Waals surface area contributed by atoms with E-state index in [0.717, 1.165) is 12.8 Å². The lowest BCUT2D eigenvalue weighted by atomic mass is 10.1. The fraction of sp³-hybridized carbons (Fsp3) is 0.667. The van der Waals surface area contributed by atoms with E-state index >= 15 is 0 Å². The summed E-state index contributed by atoms with van der Waals surface area (Å²) in [5.74, 6) is -1.07. The summed E-state index contributed by atoms with van der Waals surface area (Å²) < 4.78 is 0. The van der Waals surface area contributed by atoms with Crippen molar-refractivity contribution in [1.29, 1.82) is 0 Å². The van der Waals surface area contributed by atoms with Crippen LogP contribution in [0.4, 0.5) is 0 Å². The SMILES string of the molecule is CC(CC=CCCCO)C(=O)O. The molecule has 0 aliphatic rings. The molecule has 70 valence electrons. The second-order valence-electron chi connectivity index (χ2n) is 2.81. The predicted molar refractivity (Wildman–Crippen MR) is 46.9 cm³/mol. The molecular formula is C9H16O3. The van der Waals surface area contributed by atoms with Crippen molar-refractivity contribution in [3.63, 3.8) is 0 Å². The molecule has 0 fully saturated rings. The third-order valence-electron chi connectivity index (χ3n) is 1.61. The maximum absolute atomic E-state index is 10.3. The zero-order chi connectivity index (χ0) is 9.40. The van der Waals surface area contributed by atoms with Gasteiger partial charge in [0.15, 0.2) is 0 Å². The van der Waals surface area contributed by atoms with Gasteiger partial charge in [-0.25, -0.2) is 0 Å². The highest BCUT2D eigenvalue weighted by molar-refractivity contribution is 5.69. The Bertz CT molecular complexity index is 152. The Hall–Kier alpha value is -0.830. The average Bonchev–Trinajstić information content (AvgIpc) is 2.03. The number of aliphatic hydroxyl groups is 1. The number of hydrogen-bond acceptors (Lipinski definition) is 2. The van der Waals surface area contributed by atoms with Crippen LogP contribution in [-0.4, -0.2) is 22.8 Å². The van der Waals surface area contributed by atoms with Gasteiger partial charge in [-0.15, -0.1) is 0 Å². The van der Waals surface area contributed by atoms with Crippen LogP contribution in [0.5, 0.6) is 0 Å². The highest BCUT2D eigenvalue weighted by atomic mass is 16.4. The van der Waals surface area contributed by atoms with Gasteiger partial charge in [0.25, 0.3) is 0 Å². The Labute approximate surface area is 72.7 Å². The van der Waals surface area contributed by atoms with E-state index in [1.165, 1.54) is 0 Å². The first-order valence-electron chi connectivity index (χ1n) is 4.17. The second-order valence-corrected chi connectivity index (χ2v) is 2.81. The fourth-order valence-electron chi connectivity index (χ4n) is 0.728. The van der Waals surface area contributed by atoms with Crippen molar-refractivity contribution in [2.75, 3.05) is 6.61 Å². The molecule has 0 radical (unpaired) electrons. The Morgan fingerprint density at radius 1 is 1.50 bits per heavy atom. The zero-order valence-corrected chi connectivity index (χ0v) is 7.36. The second kappa shape index (κ2) is 6.85. The monoisotopic (exact) mass is 172 g/mol. The summed E-state index contributed by atoms with van der Waals surface area (Å²) in [5, 5.41) is 16.9. The molecule has 0 bridgehead atoms. The number of unbranched alkanes of at least 4 members (excludes halogenated alkanes) is 1. The van der Waals surface area contributed by atoms with Crippen molar-refractivity contribution in [1.82, 2.24) is 0 Å². The molecule has 12 heavy (non-hydrogen) atoms. The largest absolute Gasteiger partial charge is 0.481 e. The van der Waals surface area contributed by atoms with Crippen molar-refractivity contribution in [3.05, 3.63) is 12.2 Å². The quantitative estimate of drug-likeness (QED) is 0.470. The van der Waals surface area contributed by atoms with Crippen molar-refractivity contribution in [2.45, 2.75) is 26.2 Å². The molecule has 0 aliphatic heterocycles. The summed E-state index contributed by atoms with van der Waals surface area (Å²) in [6.07, 6.45) is 5.91. The van der Waals surface area contributed by atoms with E-state index in [4.69, 9.17) is 10.2 Å². The summed E-state index contributed by atoms with van der Waals surface area (Å²) in [4.78, 5) is 10.3. The third-order valence-corrected chi connectivity index (χ3v) is 1.61. The first kappa shape index (κ1) is 11.2. The number of carboxylic acid groups (broad SMARTS) is 1. The molecule has 0 aromatic rings. The van der Waals surface area contributed by atoms with Crippen LogP contribution >= 0.6 is 0 Å². The minimum Gasteiger partial charge on any atom is -0.481 e. The molecule has 0 heterocycles. The third kappa shape index (κ3) is 5.92. The molecule has 0 spiro atoms. The van der Waals surface area contributed by atoms with Crippen molar-refractivity contribution < 1.29 is 15.0 Å². The molecule has 3 nitrogen and oxygen atoms in total. The van der Waals surface area contributed by atoms with Gasteiger partial charge in [-0.05, 0) is 19.3 Å². The van der Waals surface area contributed by atoms with E-state index in [2.05, 4.69) is 0 Å². The van der Waals surface area contributed by atoms with Gasteiger partial charge in [0.1, 0.15) is 0 Å². The molecule has 0 rings (SSSR count). The van der Waals surface area contributed by atoms with Crippen molar-refractivity contribution in [3.8, 4) is 0 Å². The molecule has 0 aromatic carbocycles. The van der Waals surface area contributed by atoms with Crippen LogP contribution in [0, 0.1) is 5.92 Å². The van der Waals surface area contributed by atoms with E-state index in [0.29, 0.717) is 6.42 Å². The number of carbonyl (C=O) groups is 1.